The van der Waals surface area contributed by atoms with Crippen molar-refractivity contribution in [1.29, 1.82) is 0 Å². The number of anilines is 1. The van der Waals surface area contributed by atoms with Gasteiger partial charge in [-0.15, -0.1) is 5.10 Å². The number of hydrogen-bond acceptors (Lipinski definition) is 7. The number of nitrogens with zero attached hydrogens (tertiary/aromatic N) is 7. The molecule has 6 rings (SSSR count). The number of hydrogen-bond donors (Lipinski definition) is 1. The SMILES string of the molecule is [2H]C([2H])([2H])C(=O)N1CC2(CCC(Nc3nc(OCC(F)F)c4c(-c5ccc6ncnn6c5)ccn4n3)CC2)C1. The molecule has 10 nitrogen and oxygen atoms in total. The van der Waals surface area contributed by atoms with Crippen molar-refractivity contribution >= 4 is 23.0 Å². The van der Waals surface area contributed by atoms with Gasteiger partial charge in [-0.1, -0.05) is 0 Å². The number of amides is 1. The fourth-order valence-electron chi connectivity index (χ4n) is 5.29. The molecular weight excluding hydrogens is 470 g/mol. The average Bonchev–Trinajstić information content (AvgIpc) is 3.52. The van der Waals surface area contributed by atoms with Gasteiger partial charge in [-0.25, -0.2) is 22.8 Å². The van der Waals surface area contributed by atoms with Crippen molar-refractivity contribution < 1.29 is 22.4 Å². The summed E-state index contributed by atoms with van der Waals surface area (Å²) in [7, 11) is 0. The first-order chi connectivity index (χ1) is 18.6. The van der Waals surface area contributed by atoms with Crippen molar-refractivity contribution in [3.8, 4) is 17.0 Å². The lowest BCUT2D eigenvalue weighted by Crippen LogP contribution is -2.59. The van der Waals surface area contributed by atoms with E-state index in [2.05, 4.69) is 25.5 Å². The van der Waals surface area contributed by atoms with E-state index in [-0.39, 0.29) is 23.3 Å². The minimum atomic E-state index is -2.67. The van der Waals surface area contributed by atoms with Gasteiger partial charge >= 0.3 is 0 Å². The molecule has 12 heteroatoms. The normalized spacial score (nSPS) is 19.3. The Balaban J connectivity index is 1.20. The van der Waals surface area contributed by atoms with Crippen LogP contribution in [-0.4, -0.2) is 72.2 Å². The van der Waals surface area contributed by atoms with Crippen molar-refractivity contribution in [3.05, 3.63) is 36.9 Å². The van der Waals surface area contributed by atoms with Gasteiger partial charge in [0, 0.05) is 59.0 Å². The number of halogens is 2. The first-order valence-electron chi connectivity index (χ1n) is 13.3. The highest BCUT2D eigenvalue weighted by atomic mass is 19.3. The number of rotatable bonds is 6. The molecule has 0 unspecified atom stereocenters. The van der Waals surface area contributed by atoms with Gasteiger partial charge in [0.2, 0.25) is 17.7 Å². The molecule has 1 aliphatic heterocycles. The molecule has 2 aliphatic rings. The van der Waals surface area contributed by atoms with E-state index < -0.39 is 25.8 Å². The summed E-state index contributed by atoms with van der Waals surface area (Å²) in [6.07, 6.45) is 5.48. The molecular formula is C24H26F2N8O2. The van der Waals surface area contributed by atoms with Crippen LogP contribution in [0.2, 0.25) is 0 Å². The van der Waals surface area contributed by atoms with Crippen LogP contribution in [0, 0.1) is 5.41 Å². The van der Waals surface area contributed by atoms with E-state index in [9.17, 15) is 13.6 Å². The fourth-order valence-corrected chi connectivity index (χ4v) is 5.29. The van der Waals surface area contributed by atoms with Gasteiger partial charge in [0.25, 0.3) is 6.43 Å². The molecule has 0 radical (unpaired) electrons. The molecule has 1 amide bonds. The molecule has 1 aliphatic carbocycles. The third-order valence-corrected chi connectivity index (χ3v) is 7.13. The predicted molar refractivity (Wildman–Crippen MR) is 127 cm³/mol. The highest BCUT2D eigenvalue weighted by Gasteiger charge is 2.46. The molecule has 4 aromatic heterocycles. The molecule has 4 aromatic rings. The van der Waals surface area contributed by atoms with Crippen LogP contribution in [0.25, 0.3) is 22.3 Å². The van der Waals surface area contributed by atoms with E-state index in [4.69, 9.17) is 8.85 Å². The van der Waals surface area contributed by atoms with Crippen LogP contribution in [0.5, 0.6) is 5.88 Å². The molecule has 188 valence electrons. The standard InChI is InChI=1S/C24H26F2N8O2/c1-15(35)32-12-24(13-32)7-4-17(5-8-24)29-23-30-22(36-11-19(25)26)21-18(6-9-33(21)31-23)16-2-3-20-27-14-28-34(20)10-16/h2-3,6,9-10,14,17,19H,4-5,7-8,11-13H2,1H3,(H,29,31)/i1D3. The van der Waals surface area contributed by atoms with Gasteiger partial charge in [-0.3, -0.25) is 4.79 Å². The Kier molecular flexibility index (Phi) is 4.67. The number of ether oxygens (including phenoxy) is 1. The third kappa shape index (κ3) is 4.10. The number of carbonyl (C=O) groups excluding carboxylic acids is 1. The highest BCUT2D eigenvalue weighted by molar-refractivity contribution is 5.84. The summed E-state index contributed by atoms with van der Waals surface area (Å²) >= 11 is 0. The summed E-state index contributed by atoms with van der Waals surface area (Å²) in [5.74, 6) is -0.496. The van der Waals surface area contributed by atoms with E-state index in [1.165, 1.54) is 11.2 Å². The zero-order chi connectivity index (χ0) is 27.4. The molecule has 36 heavy (non-hydrogen) atoms. The first-order valence-corrected chi connectivity index (χ1v) is 11.8. The van der Waals surface area contributed by atoms with Crippen LogP contribution in [0.4, 0.5) is 14.7 Å². The maximum absolute atomic E-state index is 13.1. The number of alkyl halides is 2. The molecule has 0 aromatic carbocycles. The topological polar surface area (TPSA) is 102 Å². The van der Waals surface area contributed by atoms with Gasteiger partial charge in [-0.05, 0) is 43.9 Å². The van der Waals surface area contributed by atoms with Crippen molar-refractivity contribution in [3.63, 3.8) is 0 Å². The summed E-state index contributed by atoms with van der Waals surface area (Å²) in [5.41, 5.74) is 2.54. The molecule has 5 heterocycles. The molecule has 0 atom stereocenters. The second-order valence-corrected chi connectivity index (χ2v) is 9.53. The minimum absolute atomic E-state index is 0.0353. The molecule has 1 saturated heterocycles. The molecule has 1 N–H and O–H groups in total. The summed E-state index contributed by atoms with van der Waals surface area (Å²) in [6, 6.07) is 5.51. The lowest BCUT2D eigenvalue weighted by molar-refractivity contribution is -0.143. The Labute approximate surface area is 209 Å². The Bertz CT molecular complexity index is 1520. The van der Waals surface area contributed by atoms with E-state index in [1.54, 1.807) is 27.5 Å². The van der Waals surface area contributed by atoms with Crippen LogP contribution in [0.15, 0.2) is 36.9 Å². The maximum Gasteiger partial charge on any atom is 0.272 e. The van der Waals surface area contributed by atoms with E-state index in [0.29, 0.717) is 29.8 Å². The highest BCUT2D eigenvalue weighted by Crippen LogP contribution is 2.44. The summed E-state index contributed by atoms with van der Waals surface area (Å²) in [5, 5.41) is 12.0. The van der Waals surface area contributed by atoms with Crippen LogP contribution in [-0.2, 0) is 4.79 Å². The average molecular weight is 500 g/mol. The van der Waals surface area contributed by atoms with E-state index in [0.717, 1.165) is 31.2 Å². The van der Waals surface area contributed by atoms with E-state index in [1.807, 2.05) is 12.1 Å². The number of carbonyl (C=O) groups is 1. The number of nitrogens with one attached hydrogen (secondary N) is 1. The number of fused-ring (bicyclic) bond motifs is 2. The lowest BCUT2D eigenvalue weighted by Gasteiger charge is -2.53. The summed E-state index contributed by atoms with van der Waals surface area (Å²) < 4.78 is 56.7. The van der Waals surface area contributed by atoms with E-state index >= 15 is 0 Å². The van der Waals surface area contributed by atoms with Crippen LogP contribution in [0.3, 0.4) is 0 Å². The van der Waals surface area contributed by atoms with Crippen LogP contribution in [0.1, 0.15) is 36.6 Å². The zero-order valence-electron chi connectivity index (χ0n) is 22.3. The van der Waals surface area contributed by atoms with Crippen LogP contribution >= 0.6 is 0 Å². The summed E-state index contributed by atoms with van der Waals surface area (Å²) in [4.78, 5) is 22.0. The molecule has 0 bridgehead atoms. The van der Waals surface area contributed by atoms with Crippen molar-refractivity contribution in [1.82, 2.24) is 34.1 Å². The number of aromatic nitrogens is 6. The third-order valence-electron chi connectivity index (χ3n) is 7.13. The minimum Gasteiger partial charge on any atom is -0.470 e. The Morgan fingerprint density at radius 1 is 1.28 bits per heavy atom. The Morgan fingerprint density at radius 2 is 2.11 bits per heavy atom. The monoisotopic (exact) mass is 499 g/mol. The zero-order valence-corrected chi connectivity index (χ0v) is 19.3. The second kappa shape index (κ2) is 8.68. The smallest absolute Gasteiger partial charge is 0.272 e. The molecule has 2 fully saturated rings. The van der Waals surface area contributed by atoms with Gasteiger partial charge in [-0.2, -0.15) is 10.1 Å². The largest absolute Gasteiger partial charge is 0.470 e. The predicted octanol–water partition coefficient (Wildman–Crippen LogP) is 3.29. The van der Waals surface area contributed by atoms with Gasteiger partial charge < -0.3 is 15.0 Å². The van der Waals surface area contributed by atoms with Crippen molar-refractivity contribution in [2.45, 2.75) is 45.0 Å². The van der Waals surface area contributed by atoms with Gasteiger partial charge in [0.05, 0.1) is 0 Å². The van der Waals surface area contributed by atoms with Gasteiger partial charge in [0.15, 0.2) is 12.3 Å². The first kappa shape index (κ1) is 19.4. The van der Waals surface area contributed by atoms with Crippen molar-refractivity contribution in [2.75, 3.05) is 25.0 Å². The number of pyridine rings is 1. The number of likely N-dealkylation sites (tertiary alicyclic amines) is 1. The Morgan fingerprint density at radius 3 is 2.89 bits per heavy atom. The molecule has 1 saturated carbocycles. The fraction of sp³-hybridized carbons (Fsp3) is 0.458. The van der Waals surface area contributed by atoms with Crippen molar-refractivity contribution in [2.24, 2.45) is 5.41 Å². The maximum atomic E-state index is 13.1. The van der Waals surface area contributed by atoms with Crippen LogP contribution < -0.4 is 10.1 Å². The second-order valence-electron chi connectivity index (χ2n) is 9.53. The Hall–Kier alpha value is -3.83. The summed E-state index contributed by atoms with van der Waals surface area (Å²) in [6.45, 7) is -2.51. The van der Waals surface area contributed by atoms with Gasteiger partial charge in [0.1, 0.15) is 11.8 Å². The molecule has 1 spiro atoms. The quantitative estimate of drug-likeness (QED) is 0.434. The lowest BCUT2D eigenvalue weighted by atomic mass is 9.67.